The van der Waals surface area contributed by atoms with Gasteiger partial charge in [0.05, 0.1) is 17.9 Å². The number of nitrogens with zero attached hydrogens (tertiary/aromatic N) is 7. The van der Waals surface area contributed by atoms with Crippen LogP contribution in [0.25, 0.3) is 28.6 Å². The van der Waals surface area contributed by atoms with Crippen LogP contribution in [0.2, 0.25) is 0 Å². The lowest BCUT2D eigenvalue weighted by atomic mass is 10.1. The van der Waals surface area contributed by atoms with Crippen molar-refractivity contribution >= 4 is 0 Å². The molecule has 8 heteroatoms. The third-order valence-corrected chi connectivity index (χ3v) is 5.01. The molecule has 0 amide bonds. The molecule has 0 spiro atoms. The average molecular weight is 345 g/mol. The van der Waals surface area contributed by atoms with Crippen molar-refractivity contribution in [3.8, 4) is 28.6 Å². The van der Waals surface area contributed by atoms with Crippen LogP contribution in [-0.2, 0) is 6.54 Å². The molecule has 8 nitrogen and oxygen atoms in total. The highest BCUT2D eigenvalue weighted by Gasteiger charge is 2.31. The molecule has 0 bridgehead atoms. The SMILES string of the molecule is Cc1ccc2c(c1)-c1ncnn1Cc1c(-c3noc(C4CC4)n3)ncn1-2. The molecule has 1 aliphatic heterocycles. The number of aryl methyl sites for hydroxylation is 1. The highest BCUT2D eigenvalue weighted by atomic mass is 16.5. The molecule has 3 aromatic heterocycles. The highest BCUT2D eigenvalue weighted by Crippen LogP contribution is 2.40. The molecular formula is C18H15N7O. The van der Waals surface area contributed by atoms with E-state index in [1.807, 2.05) is 11.0 Å². The van der Waals surface area contributed by atoms with E-state index in [4.69, 9.17) is 4.52 Å². The predicted octanol–water partition coefficient (Wildman–Crippen LogP) is 2.73. The Morgan fingerprint density at radius 3 is 3.00 bits per heavy atom. The Morgan fingerprint density at radius 2 is 2.12 bits per heavy atom. The van der Waals surface area contributed by atoms with Crippen LogP contribution in [0.5, 0.6) is 0 Å². The molecule has 1 fully saturated rings. The van der Waals surface area contributed by atoms with Crippen LogP contribution >= 0.6 is 0 Å². The van der Waals surface area contributed by atoms with Gasteiger partial charge in [-0.05, 0) is 31.9 Å². The fourth-order valence-corrected chi connectivity index (χ4v) is 3.52. The molecule has 1 aliphatic carbocycles. The minimum absolute atomic E-state index is 0.420. The Bertz CT molecular complexity index is 1150. The molecule has 0 radical (unpaired) electrons. The van der Waals surface area contributed by atoms with Gasteiger partial charge in [-0.3, -0.25) is 4.57 Å². The van der Waals surface area contributed by atoms with Gasteiger partial charge in [0.2, 0.25) is 11.7 Å². The van der Waals surface area contributed by atoms with Gasteiger partial charge >= 0.3 is 0 Å². The maximum atomic E-state index is 5.43. The van der Waals surface area contributed by atoms with E-state index >= 15 is 0 Å². The molecule has 6 rings (SSSR count). The molecule has 0 atom stereocenters. The second-order valence-corrected chi connectivity index (χ2v) is 6.90. The third kappa shape index (κ3) is 1.92. The smallest absolute Gasteiger partial charge is 0.230 e. The van der Waals surface area contributed by atoms with E-state index < -0.39 is 0 Å². The number of rotatable bonds is 2. The number of aromatic nitrogens is 7. The number of benzene rings is 1. The van der Waals surface area contributed by atoms with Crippen molar-refractivity contribution in [1.29, 1.82) is 0 Å². The van der Waals surface area contributed by atoms with E-state index in [-0.39, 0.29) is 0 Å². The zero-order valence-corrected chi connectivity index (χ0v) is 14.1. The van der Waals surface area contributed by atoms with Crippen molar-refractivity contribution < 1.29 is 4.52 Å². The molecule has 0 N–H and O–H groups in total. The van der Waals surface area contributed by atoms with Crippen LogP contribution in [0.3, 0.4) is 0 Å². The quantitative estimate of drug-likeness (QED) is 0.489. The van der Waals surface area contributed by atoms with E-state index in [0.717, 1.165) is 41.3 Å². The first-order valence-corrected chi connectivity index (χ1v) is 8.67. The van der Waals surface area contributed by atoms with Crippen molar-refractivity contribution in [2.24, 2.45) is 0 Å². The summed E-state index contributed by atoms with van der Waals surface area (Å²) in [4.78, 5) is 13.6. The average Bonchev–Trinajstić information content (AvgIpc) is 3.06. The molecule has 128 valence electrons. The van der Waals surface area contributed by atoms with Crippen LogP contribution in [-0.4, -0.2) is 34.5 Å². The van der Waals surface area contributed by atoms with E-state index in [9.17, 15) is 0 Å². The summed E-state index contributed by atoms with van der Waals surface area (Å²) in [5.74, 6) is 2.53. The standard InChI is InChI=1S/C18H15N7O/c1-10-2-5-13-12(6-10)17-19-8-21-25(17)7-14-15(20-9-24(13)14)16-22-18(26-23-16)11-3-4-11/h2,5-6,8-9,11H,3-4,7H2,1H3. The van der Waals surface area contributed by atoms with Gasteiger partial charge < -0.3 is 4.52 Å². The van der Waals surface area contributed by atoms with Gasteiger partial charge in [-0.1, -0.05) is 16.8 Å². The Hall–Kier alpha value is -3.29. The summed E-state index contributed by atoms with van der Waals surface area (Å²) in [6.07, 6.45) is 5.65. The fourth-order valence-electron chi connectivity index (χ4n) is 3.52. The van der Waals surface area contributed by atoms with Crippen LogP contribution in [0.4, 0.5) is 0 Å². The van der Waals surface area contributed by atoms with Crippen molar-refractivity contribution in [3.05, 3.63) is 48.0 Å². The van der Waals surface area contributed by atoms with Crippen molar-refractivity contribution in [2.45, 2.75) is 32.2 Å². The molecule has 1 saturated carbocycles. The van der Waals surface area contributed by atoms with Gasteiger partial charge in [0.15, 0.2) is 5.82 Å². The largest absolute Gasteiger partial charge is 0.339 e. The first kappa shape index (κ1) is 13.9. The lowest BCUT2D eigenvalue weighted by Gasteiger charge is -2.09. The highest BCUT2D eigenvalue weighted by molar-refractivity contribution is 5.71. The summed E-state index contributed by atoms with van der Waals surface area (Å²) in [6, 6.07) is 6.31. The van der Waals surface area contributed by atoms with Gasteiger partial charge in [-0.25, -0.2) is 14.6 Å². The number of imidazole rings is 1. The van der Waals surface area contributed by atoms with Crippen molar-refractivity contribution in [2.75, 3.05) is 0 Å². The normalized spacial score (nSPS) is 15.3. The number of hydrogen-bond donors (Lipinski definition) is 0. The van der Waals surface area contributed by atoms with Crippen LogP contribution < -0.4 is 0 Å². The maximum Gasteiger partial charge on any atom is 0.230 e. The third-order valence-electron chi connectivity index (χ3n) is 5.01. The van der Waals surface area contributed by atoms with E-state index in [1.165, 1.54) is 5.56 Å². The topological polar surface area (TPSA) is 87.4 Å². The van der Waals surface area contributed by atoms with Crippen LogP contribution in [0, 0.1) is 6.92 Å². The lowest BCUT2D eigenvalue weighted by molar-refractivity contribution is 0.380. The molecule has 26 heavy (non-hydrogen) atoms. The number of fused-ring (bicyclic) bond motifs is 5. The van der Waals surface area contributed by atoms with E-state index in [0.29, 0.717) is 24.2 Å². The van der Waals surface area contributed by atoms with E-state index in [2.05, 4.69) is 54.9 Å². The molecule has 0 unspecified atom stereocenters. The van der Waals surface area contributed by atoms with Gasteiger partial charge in [-0.2, -0.15) is 10.1 Å². The van der Waals surface area contributed by atoms with E-state index in [1.54, 1.807) is 6.33 Å². The molecular weight excluding hydrogens is 330 g/mol. The zero-order valence-electron chi connectivity index (χ0n) is 14.1. The van der Waals surface area contributed by atoms with Crippen LogP contribution in [0.1, 0.15) is 35.9 Å². The summed E-state index contributed by atoms with van der Waals surface area (Å²) in [7, 11) is 0. The Kier molecular flexibility index (Phi) is 2.61. The minimum atomic E-state index is 0.420. The van der Waals surface area contributed by atoms with Gasteiger partial charge in [0.25, 0.3) is 0 Å². The Labute approximate surface area is 148 Å². The van der Waals surface area contributed by atoms with Gasteiger partial charge in [0, 0.05) is 11.5 Å². The second kappa shape index (κ2) is 4.87. The lowest BCUT2D eigenvalue weighted by Crippen LogP contribution is -2.05. The monoisotopic (exact) mass is 345 g/mol. The summed E-state index contributed by atoms with van der Waals surface area (Å²) in [5, 5.41) is 8.57. The molecule has 0 saturated heterocycles. The van der Waals surface area contributed by atoms with Gasteiger partial charge in [-0.15, -0.1) is 0 Å². The molecule has 4 aromatic rings. The van der Waals surface area contributed by atoms with Gasteiger partial charge in [0.1, 0.15) is 18.3 Å². The minimum Gasteiger partial charge on any atom is -0.339 e. The maximum absolute atomic E-state index is 5.43. The Balaban J connectivity index is 1.57. The zero-order chi connectivity index (χ0) is 17.3. The first-order valence-electron chi connectivity index (χ1n) is 8.67. The summed E-state index contributed by atoms with van der Waals surface area (Å²) >= 11 is 0. The fraction of sp³-hybridized carbons (Fsp3) is 0.278. The predicted molar refractivity (Wildman–Crippen MR) is 91.7 cm³/mol. The number of hydrogen-bond acceptors (Lipinski definition) is 6. The summed E-state index contributed by atoms with van der Waals surface area (Å²) < 4.78 is 9.40. The first-order chi connectivity index (χ1) is 12.8. The summed E-state index contributed by atoms with van der Waals surface area (Å²) in [5.41, 5.74) is 4.95. The molecule has 4 heterocycles. The molecule has 2 aliphatic rings. The van der Waals surface area contributed by atoms with Crippen molar-refractivity contribution in [3.63, 3.8) is 0 Å². The second-order valence-electron chi connectivity index (χ2n) is 6.90. The summed E-state index contributed by atoms with van der Waals surface area (Å²) in [6.45, 7) is 2.62. The van der Waals surface area contributed by atoms with Crippen LogP contribution in [0.15, 0.2) is 35.4 Å². The Morgan fingerprint density at radius 1 is 1.19 bits per heavy atom. The molecule has 1 aromatic carbocycles. The van der Waals surface area contributed by atoms with Crippen molar-refractivity contribution in [1.82, 2.24) is 34.5 Å².